The Labute approximate surface area is 156 Å². The largest absolute Gasteiger partial charge is 0.548 e. The second-order valence-corrected chi connectivity index (χ2v) is 8.03. The van der Waals surface area contributed by atoms with Crippen LogP contribution in [0.1, 0.15) is 38.3 Å². The molecule has 27 heavy (non-hydrogen) atoms. The molecule has 1 aromatic rings. The minimum atomic E-state index is -1.51. The number of piperazine rings is 1. The average molecular weight is 381 g/mol. The predicted molar refractivity (Wildman–Crippen MR) is 90.7 cm³/mol. The van der Waals surface area contributed by atoms with E-state index >= 15 is 0 Å². The number of hydrogen-bond donors (Lipinski definition) is 0. The predicted octanol–water partition coefficient (Wildman–Crippen LogP) is 1.41. The van der Waals surface area contributed by atoms with Gasteiger partial charge in [0.1, 0.15) is 5.60 Å². The third-order valence-corrected chi connectivity index (χ3v) is 5.16. The van der Waals surface area contributed by atoms with Crippen LogP contribution in [0.15, 0.2) is 12.1 Å². The summed E-state index contributed by atoms with van der Waals surface area (Å²) in [4.78, 5) is 27.5. The van der Waals surface area contributed by atoms with Gasteiger partial charge >= 0.3 is 6.09 Å². The summed E-state index contributed by atoms with van der Waals surface area (Å²) in [6.45, 7) is 6.42. The second-order valence-electron chi connectivity index (χ2n) is 8.03. The molecule has 1 atom stereocenters. The molecule has 1 aliphatic heterocycles. The van der Waals surface area contributed by atoms with Crippen LogP contribution in [0.25, 0.3) is 0 Å². The lowest BCUT2D eigenvalue weighted by molar-refractivity contribution is -0.321. The van der Waals surface area contributed by atoms with Gasteiger partial charge < -0.3 is 19.5 Å². The number of aliphatic carboxylic acids is 1. The van der Waals surface area contributed by atoms with Gasteiger partial charge in [-0.15, -0.1) is 0 Å². The van der Waals surface area contributed by atoms with Gasteiger partial charge in [0.2, 0.25) is 0 Å². The summed E-state index contributed by atoms with van der Waals surface area (Å²) < 4.78 is 32.7. The number of aryl methyl sites for hydroxylation is 1. The van der Waals surface area contributed by atoms with Crippen molar-refractivity contribution >= 4 is 12.1 Å². The molecule has 1 aliphatic carbocycles. The highest BCUT2D eigenvalue weighted by molar-refractivity contribution is 5.81. The zero-order valence-corrected chi connectivity index (χ0v) is 15.7. The third kappa shape index (κ3) is 3.50. The van der Waals surface area contributed by atoms with Crippen molar-refractivity contribution in [2.75, 3.05) is 26.2 Å². The molecule has 1 saturated heterocycles. The zero-order chi connectivity index (χ0) is 20.0. The Kier molecular flexibility index (Phi) is 4.88. The van der Waals surface area contributed by atoms with Crippen molar-refractivity contribution in [3.8, 4) is 0 Å². The second kappa shape index (κ2) is 6.74. The first-order valence-electron chi connectivity index (χ1n) is 8.97. The maximum atomic E-state index is 13.8. The van der Waals surface area contributed by atoms with Gasteiger partial charge in [-0.25, -0.2) is 13.6 Å². The van der Waals surface area contributed by atoms with E-state index in [0.29, 0.717) is 12.0 Å². The van der Waals surface area contributed by atoms with E-state index in [0.717, 1.165) is 12.1 Å². The number of carboxylic acid groups (broad SMARTS) is 1. The summed E-state index contributed by atoms with van der Waals surface area (Å²) in [5, 5.41) is 12.1. The van der Waals surface area contributed by atoms with Crippen LogP contribution in [0.2, 0.25) is 0 Å². The summed E-state index contributed by atoms with van der Waals surface area (Å²) in [5.41, 5.74) is -1.41. The fourth-order valence-electron chi connectivity index (χ4n) is 3.90. The van der Waals surface area contributed by atoms with Gasteiger partial charge in [0.15, 0.2) is 11.6 Å². The van der Waals surface area contributed by atoms with Crippen molar-refractivity contribution in [2.24, 2.45) is 0 Å². The molecular formula is C19H23F2N2O4-. The third-order valence-electron chi connectivity index (χ3n) is 5.16. The molecule has 8 heteroatoms. The van der Waals surface area contributed by atoms with Crippen molar-refractivity contribution < 1.29 is 28.2 Å². The maximum Gasteiger partial charge on any atom is 0.410 e. The normalized spacial score (nSPS) is 23.2. The number of nitrogens with zero attached hydrogens (tertiary/aromatic N) is 2. The van der Waals surface area contributed by atoms with Crippen molar-refractivity contribution in [3.63, 3.8) is 0 Å². The molecule has 1 amide bonds. The lowest BCUT2D eigenvalue weighted by Crippen LogP contribution is -2.62. The van der Waals surface area contributed by atoms with Crippen LogP contribution >= 0.6 is 0 Å². The smallest absolute Gasteiger partial charge is 0.410 e. The van der Waals surface area contributed by atoms with E-state index in [1.807, 2.05) is 0 Å². The van der Waals surface area contributed by atoms with Crippen LogP contribution in [0.3, 0.4) is 0 Å². The molecule has 3 rings (SSSR count). The number of amides is 1. The number of carbonyl (C=O) groups is 2. The number of rotatable bonds is 2. The van der Waals surface area contributed by atoms with Gasteiger partial charge in [0, 0.05) is 26.2 Å². The average Bonchev–Trinajstić information content (AvgIpc) is 2.93. The minimum Gasteiger partial charge on any atom is -0.548 e. The first kappa shape index (κ1) is 19.5. The molecule has 1 heterocycles. The number of ether oxygens (including phenoxy) is 1. The molecule has 0 radical (unpaired) electrons. The Balaban J connectivity index is 1.81. The first-order chi connectivity index (χ1) is 12.5. The molecule has 1 fully saturated rings. The fraction of sp³-hybridized carbons (Fsp3) is 0.579. The summed E-state index contributed by atoms with van der Waals surface area (Å²) in [7, 11) is 0. The van der Waals surface area contributed by atoms with E-state index in [2.05, 4.69) is 0 Å². The van der Waals surface area contributed by atoms with Crippen molar-refractivity contribution in [1.29, 1.82) is 0 Å². The SMILES string of the molecule is CC(C)(C)OC(=O)N1CCN(C2(C(=O)[O-])CCc3cc(F)c(F)cc32)CC1. The molecule has 1 unspecified atom stereocenters. The number of carboxylic acids is 1. The van der Waals surface area contributed by atoms with Crippen LogP contribution in [-0.4, -0.2) is 53.6 Å². The molecular weight excluding hydrogens is 358 g/mol. The summed E-state index contributed by atoms with van der Waals surface area (Å²) >= 11 is 0. The van der Waals surface area contributed by atoms with Crippen molar-refractivity contribution in [3.05, 3.63) is 34.9 Å². The zero-order valence-electron chi connectivity index (χ0n) is 15.7. The van der Waals surface area contributed by atoms with Crippen LogP contribution in [0.5, 0.6) is 0 Å². The standard InChI is InChI=1S/C19H24F2N2O4/c1-18(2,3)27-17(26)22-6-8-23(9-7-22)19(16(24)25)5-4-12-10-14(20)15(21)11-13(12)19/h10-11H,4-9H2,1-3H3,(H,24,25)/p-1. The Hall–Kier alpha value is -2.22. The molecule has 0 bridgehead atoms. The molecule has 0 saturated carbocycles. The summed E-state index contributed by atoms with van der Waals surface area (Å²) in [6.07, 6.45) is 0.0527. The van der Waals surface area contributed by atoms with Crippen molar-refractivity contribution in [1.82, 2.24) is 9.80 Å². The van der Waals surface area contributed by atoms with E-state index in [9.17, 15) is 23.5 Å². The quantitative estimate of drug-likeness (QED) is 0.775. The lowest BCUT2D eigenvalue weighted by atomic mass is 9.88. The molecule has 1 aromatic carbocycles. The lowest BCUT2D eigenvalue weighted by Gasteiger charge is -2.47. The van der Waals surface area contributed by atoms with Crippen LogP contribution < -0.4 is 5.11 Å². The number of halogens is 2. The Morgan fingerprint density at radius 1 is 1.11 bits per heavy atom. The van der Waals surface area contributed by atoms with Gasteiger partial charge in [-0.3, -0.25) is 4.90 Å². The number of benzene rings is 1. The van der Waals surface area contributed by atoms with E-state index in [1.165, 1.54) is 4.90 Å². The van der Waals surface area contributed by atoms with Gasteiger partial charge in [0.05, 0.1) is 11.5 Å². The Bertz CT molecular complexity index is 770. The number of hydrogen-bond acceptors (Lipinski definition) is 5. The Morgan fingerprint density at radius 3 is 2.26 bits per heavy atom. The Morgan fingerprint density at radius 2 is 1.70 bits per heavy atom. The summed E-state index contributed by atoms with van der Waals surface area (Å²) in [5.74, 6) is -3.40. The van der Waals surface area contributed by atoms with Gasteiger partial charge in [-0.2, -0.15) is 0 Å². The van der Waals surface area contributed by atoms with Crippen LogP contribution in [-0.2, 0) is 21.5 Å². The number of carbonyl (C=O) groups excluding carboxylic acids is 2. The molecule has 6 nitrogen and oxygen atoms in total. The van der Waals surface area contributed by atoms with E-state index in [-0.39, 0.29) is 38.2 Å². The van der Waals surface area contributed by atoms with Crippen LogP contribution in [0, 0.1) is 11.6 Å². The monoisotopic (exact) mass is 381 g/mol. The molecule has 0 N–H and O–H groups in total. The van der Waals surface area contributed by atoms with Gasteiger partial charge in [-0.1, -0.05) is 0 Å². The highest BCUT2D eigenvalue weighted by Gasteiger charge is 2.47. The highest BCUT2D eigenvalue weighted by atomic mass is 19.2. The number of fused-ring (bicyclic) bond motifs is 1. The van der Waals surface area contributed by atoms with Gasteiger partial charge in [-0.05, 0) is 56.9 Å². The first-order valence-corrected chi connectivity index (χ1v) is 8.97. The molecule has 0 spiro atoms. The molecule has 0 aromatic heterocycles. The molecule has 148 valence electrons. The van der Waals surface area contributed by atoms with Gasteiger partial charge in [0.25, 0.3) is 0 Å². The van der Waals surface area contributed by atoms with E-state index in [1.54, 1.807) is 25.7 Å². The summed E-state index contributed by atoms with van der Waals surface area (Å²) in [6, 6.07) is 2.03. The maximum absolute atomic E-state index is 13.8. The fourth-order valence-corrected chi connectivity index (χ4v) is 3.90. The van der Waals surface area contributed by atoms with E-state index in [4.69, 9.17) is 4.74 Å². The van der Waals surface area contributed by atoms with E-state index < -0.39 is 34.8 Å². The highest BCUT2D eigenvalue weighted by Crippen LogP contribution is 2.42. The molecule has 2 aliphatic rings. The van der Waals surface area contributed by atoms with Crippen molar-refractivity contribution in [2.45, 2.75) is 44.8 Å². The topological polar surface area (TPSA) is 72.9 Å². The minimum absolute atomic E-state index is 0.181. The van der Waals surface area contributed by atoms with Crippen LogP contribution in [0.4, 0.5) is 13.6 Å².